The molecule has 0 aliphatic heterocycles. The molecule has 11 heteroatoms. The number of furan rings is 2. The topological polar surface area (TPSA) is 135 Å². The Morgan fingerprint density at radius 1 is 0.846 bits per heavy atom. The molecule has 39 heavy (non-hydrogen) atoms. The molecule has 0 saturated carbocycles. The van der Waals surface area contributed by atoms with Gasteiger partial charge in [-0.3, -0.25) is 14.4 Å². The number of halogens is 1. The van der Waals surface area contributed by atoms with Gasteiger partial charge in [0.2, 0.25) is 0 Å². The van der Waals surface area contributed by atoms with Crippen LogP contribution in [-0.2, 0) is 32.7 Å². The summed E-state index contributed by atoms with van der Waals surface area (Å²) in [5, 5.41) is 1.14. The van der Waals surface area contributed by atoms with E-state index in [-0.39, 0.29) is 49.6 Å². The Balaban J connectivity index is 0.000000219. The van der Waals surface area contributed by atoms with Crippen molar-refractivity contribution in [2.45, 2.75) is 13.8 Å². The first kappa shape index (κ1) is 32.0. The van der Waals surface area contributed by atoms with Gasteiger partial charge in [-0.15, -0.1) is 6.07 Å². The summed E-state index contributed by atoms with van der Waals surface area (Å²) < 4.78 is 10.0. The third kappa shape index (κ3) is 8.91. The Kier molecular flexibility index (Phi) is 13.1. The molecule has 6 aromatic rings. The van der Waals surface area contributed by atoms with Crippen LogP contribution in [0.5, 0.6) is 0 Å². The summed E-state index contributed by atoms with van der Waals surface area (Å²) in [6.45, 7) is 3.84. The minimum absolute atomic E-state index is 0. The number of aldehydes is 1. The molecule has 6 rings (SSSR count). The molecule has 4 aromatic heterocycles. The minimum atomic E-state index is -0.205. The Bertz CT molecular complexity index is 1740. The average molecular weight is 712 g/mol. The molecule has 0 bridgehead atoms. The molecule has 2 N–H and O–H groups in total. The van der Waals surface area contributed by atoms with E-state index in [1.54, 1.807) is 36.4 Å². The van der Waals surface area contributed by atoms with Gasteiger partial charge in [-0.25, -0.2) is 9.97 Å². The predicted octanol–water partition coefficient (Wildman–Crippen LogP) is 5.66. The molecule has 2 aromatic carbocycles. The van der Waals surface area contributed by atoms with Crippen LogP contribution < -0.4 is 11.1 Å². The maximum absolute atomic E-state index is 11.6. The normalized spacial score (nSPS) is 9.64. The fourth-order valence-corrected chi connectivity index (χ4v) is 3.29. The number of benzene rings is 2. The molecule has 9 nitrogen and oxygen atoms in total. The van der Waals surface area contributed by atoms with Crippen LogP contribution >= 0.6 is 22.6 Å². The third-order valence-electron chi connectivity index (χ3n) is 5.07. The van der Waals surface area contributed by atoms with Crippen molar-refractivity contribution in [2.24, 2.45) is 0 Å². The van der Waals surface area contributed by atoms with E-state index in [1.807, 2.05) is 43.0 Å². The zero-order valence-corrected chi connectivity index (χ0v) is 26.4. The van der Waals surface area contributed by atoms with Crippen molar-refractivity contribution < 1.29 is 46.3 Å². The molecular weight excluding hydrogens is 688 g/mol. The van der Waals surface area contributed by atoms with Crippen LogP contribution in [0.1, 0.15) is 21.9 Å². The number of hydrogen-bond donors (Lipinski definition) is 2. The number of aromatic amines is 2. The van der Waals surface area contributed by atoms with Gasteiger partial charge in [-0.1, -0.05) is 46.9 Å². The van der Waals surface area contributed by atoms with E-state index in [0.29, 0.717) is 28.3 Å². The zero-order chi connectivity index (χ0) is 27.5. The van der Waals surface area contributed by atoms with Crippen LogP contribution in [0.15, 0.2) is 91.7 Å². The smallest absolute Gasteiger partial charge is 0.258 e. The first-order chi connectivity index (χ1) is 18.4. The monoisotopic (exact) mass is 712 g/mol. The van der Waals surface area contributed by atoms with Gasteiger partial charge in [0, 0.05) is 38.3 Å². The van der Waals surface area contributed by atoms with Crippen molar-refractivity contribution in [3.8, 4) is 11.3 Å². The predicted molar refractivity (Wildman–Crippen MR) is 155 cm³/mol. The number of nitrogens with one attached hydrogen (secondary N) is 2. The Morgan fingerprint density at radius 3 is 1.97 bits per heavy atom. The first-order valence-corrected chi connectivity index (χ1v) is 13.4. The van der Waals surface area contributed by atoms with Crippen molar-refractivity contribution in [1.29, 1.82) is 0 Å². The van der Waals surface area contributed by atoms with Gasteiger partial charge in [-0.2, -0.15) is 6.07 Å². The standard InChI is InChI=1S/C13H8N2O3.C9H8N2O.C5H5O.CH3I.Y/c16-6-9-2-4-12(18-9)8-1-3-11-10(5-8)13(17)15-7-14-11;1-6-2-3-8-7(4-6)9(12)11-5-10-8;1-5-3-2-4-6-5;1-2;/h1-7H,(H,14,15,17);2-5H,1H3,(H,10,11,12);2-3H,1H3;1H3;/q;;-1;;. The Hall–Kier alpha value is -3.22. The van der Waals surface area contributed by atoms with Crippen LogP contribution in [0.3, 0.4) is 0 Å². The number of hydrogen-bond acceptors (Lipinski definition) is 7. The summed E-state index contributed by atoms with van der Waals surface area (Å²) in [4.78, 5) is 48.5. The van der Waals surface area contributed by atoms with Gasteiger partial charge in [0.25, 0.3) is 11.1 Å². The summed E-state index contributed by atoms with van der Waals surface area (Å²) in [6, 6.07) is 17.7. The largest absolute Gasteiger partial charge is 0.596 e. The third-order valence-corrected chi connectivity index (χ3v) is 5.07. The van der Waals surface area contributed by atoms with E-state index in [4.69, 9.17) is 8.83 Å². The summed E-state index contributed by atoms with van der Waals surface area (Å²) in [5.74, 6) is 1.71. The molecule has 0 aliphatic rings. The molecule has 0 fully saturated rings. The summed E-state index contributed by atoms with van der Waals surface area (Å²) in [6.07, 6.45) is 5.97. The van der Waals surface area contributed by atoms with Gasteiger partial charge in [-0.05, 0) is 60.6 Å². The van der Waals surface area contributed by atoms with Gasteiger partial charge >= 0.3 is 0 Å². The molecule has 0 saturated heterocycles. The van der Waals surface area contributed by atoms with Crippen molar-refractivity contribution in [3.05, 3.63) is 117 Å². The number of aromatic nitrogens is 4. The molecule has 0 aliphatic carbocycles. The van der Waals surface area contributed by atoms with E-state index in [1.165, 1.54) is 12.7 Å². The number of alkyl halides is 1. The quantitative estimate of drug-likeness (QED) is 0.102. The first-order valence-electron chi connectivity index (χ1n) is 11.2. The number of rotatable bonds is 2. The van der Waals surface area contributed by atoms with E-state index in [9.17, 15) is 14.4 Å². The number of fused-ring (bicyclic) bond motifs is 2. The molecular formula is C28H24IN4O5Y-. The maximum Gasteiger partial charge on any atom is 0.258 e. The number of H-pyrrole nitrogens is 2. The van der Waals surface area contributed by atoms with Crippen LogP contribution in [0.2, 0.25) is 0 Å². The van der Waals surface area contributed by atoms with Crippen LogP contribution in [-0.4, -0.2) is 31.2 Å². The minimum Gasteiger partial charge on any atom is -0.596 e. The Morgan fingerprint density at radius 2 is 1.46 bits per heavy atom. The number of aryl methyl sites for hydroxylation is 2. The molecule has 197 valence electrons. The molecule has 0 amide bonds. The fraction of sp³-hybridized carbons (Fsp3) is 0.107. The molecule has 1 radical (unpaired) electrons. The van der Waals surface area contributed by atoms with Crippen molar-refractivity contribution in [1.82, 2.24) is 19.9 Å². The van der Waals surface area contributed by atoms with E-state index < -0.39 is 0 Å². The number of carbonyl (C=O) groups is 1. The summed E-state index contributed by atoms with van der Waals surface area (Å²) in [7, 11) is 0. The second kappa shape index (κ2) is 16.0. The molecule has 0 atom stereocenters. The second-order valence-electron chi connectivity index (χ2n) is 7.70. The van der Waals surface area contributed by atoms with Crippen LogP contribution in [0.4, 0.5) is 0 Å². The van der Waals surface area contributed by atoms with Crippen molar-refractivity contribution in [3.63, 3.8) is 0 Å². The maximum atomic E-state index is 11.6. The molecule has 0 spiro atoms. The van der Waals surface area contributed by atoms with Crippen molar-refractivity contribution in [2.75, 3.05) is 4.93 Å². The van der Waals surface area contributed by atoms with Gasteiger partial charge in [0.1, 0.15) is 5.76 Å². The SMILES string of the molecule is CI.Cc1cc[c-]o1.Cc1ccc2nc[nH]c(=O)c2c1.O=Cc1ccc(-c2ccc3nc[nH]c(=O)c3c2)o1.[Y]. The van der Waals surface area contributed by atoms with Gasteiger partial charge in [0.05, 0.1) is 34.5 Å². The second-order valence-corrected chi connectivity index (χ2v) is 7.70. The van der Waals surface area contributed by atoms with Gasteiger partial charge < -0.3 is 18.8 Å². The van der Waals surface area contributed by atoms with Crippen LogP contribution in [0, 0.1) is 20.1 Å². The van der Waals surface area contributed by atoms with E-state index >= 15 is 0 Å². The van der Waals surface area contributed by atoms with Crippen molar-refractivity contribution >= 4 is 50.7 Å². The molecule has 0 unspecified atom stereocenters. The van der Waals surface area contributed by atoms with Gasteiger partial charge in [0.15, 0.2) is 12.0 Å². The fourth-order valence-electron chi connectivity index (χ4n) is 3.29. The average Bonchev–Trinajstić information content (AvgIpc) is 3.63. The van der Waals surface area contributed by atoms with Crippen LogP contribution in [0.25, 0.3) is 33.1 Å². The van der Waals surface area contributed by atoms with E-state index in [2.05, 4.69) is 48.8 Å². The summed E-state index contributed by atoms with van der Waals surface area (Å²) in [5.41, 5.74) is 2.87. The van der Waals surface area contributed by atoms with E-state index in [0.717, 1.165) is 22.4 Å². The number of carbonyl (C=O) groups excluding carboxylic acids is 1. The zero-order valence-electron chi connectivity index (χ0n) is 21.4. The molecule has 4 heterocycles. The number of nitrogens with zero attached hydrogens (tertiary/aromatic N) is 2. The Labute approximate surface area is 262 Å². The summed E-state index contributed by atoms with van der Waals surface area (Å²) >= 11 is 2.15.